The zero-order valence-corrected chi connectivity index (χ0v) is 9.08. The summed E-state index contributed by atoms with van der Waals surface area (Å²) in [6.07, 6.45) is 0.465. The van der Waals surface area contributed by atoms with Gasteiger partial charge in [-0.15, -0.1) is 0 Å². The highest BCUT2D eigenvalue weighted by atomic mass is 16.2. The predicted molar refractivity (Wildman–Crippen MR) is 53.8 cm³/mol. The van der Waals surface area contributed by atoms with Crippen molar-refractivity contribution in [2.45, 2.75) is 26.7 Å². The van der Waals surface area contributed by atoms with E-state index in [1.807, 2.05) is 6.92 Å². The zero-order chi connectivity index (χ0) is 11.4. The average molecular weight is 212 g/mol. The Hall–Kier alpha value is -1.39. The molecule has 1 rings (SSSR count). The van der Waals surface area contributed by atoms with E-state index in [0.717, 1.165) is 0 Å². The van der Waals surface area contributed by atoms with Gasteiger partial charge in [-0.3, -0.25) is 19.3 Å². The van der Waals surface area contributed by atoms with Crippen LogP contribution in [0.1, 0.15) is 26.7 Å². The first kappa shape index (κ1) is 11.7. The van der Waals surface area contributed by atoms with Crippen LogP contribution in [0.25, 0.3) is 0 Å². The first-order chi connectivity index (χ1) is 7.06. The maximum Gasteiger partial charge on any atom is 0.232 e. The van der Waals surface area contributed by atoms with E-state index in [4.69, 9.17) is 0 Å². The van der Waals surface area contributed by atoms with Crippen LogP contribution in [0.5, 0.6) is 0 Å². The molecule has 0 bridgehead atoms. The van der Waals surface area contributed by atoms with Crippen LogP contribution in [0.15, 0.2) is 0 Å². The number of nitrogens with zero attached hydrogens (tertiary/aromatic N) is 1. The van der Waals surface area contributed by atoms with Crippen molar-refractivity contribution in [2.24, 2.45) is 5.92 Å². The van der Waals surface area contributed by atoms with E-state index >= 15 is 0 Å². The maximum atomic E-state index is 11.5. The van der Waals surface area contributed by atoms with Crippen LogP contribution < -0.4 is 5.32 Å². The third-order valence-electron chi connectivity index (χ3n) is 2.41. The van der Waals surface area contributed by atoms with Crippen molar-refractivity contribution in [3.05, 3.63) is 0 Å². The second-order valence-electron chi connectivity index (χ2n) is 3.69. The molecule has 1 N–H and O–H groups in total. The number of carbonyl (C=O) groups is 3. The Kier molecular flexibility index (Phi) is 3.82. The summed E-state index contributed by atoms with van der Waals surface area (Å²) >= 11 is 0. The summed E-state index contributed by atoms with van der Waals surface area (Å²) in [6, 6.07) is 0. The number of hydrogen-bond donors (Lipinski definition) is 1. The SMILES string of the molecule is CCNC(=O)CCN1C(=O)CC(C)C1=O. The number of rotatable bonds is 4. The molecule has 0 saturated carbocycles. The van der Waals surface area contributed by atoms with Crippen LogP contribution in [0.2, 0.25) is 0 Å². The van der Waals surface area contributed by atoms with Crippen LogP contribution in [0, 0.1) is 5.92 Å². The molecule has 1 aliphatic heterocycles. The fraction of sp³-hybridized carbons (Fsp3) is 0.700. The highest BCUT2D eigenvalue weighted by Gasteiger charge is 2.35. The molecule has 3 amide bonds. The summed E-state index contributed by atoms with van der Waals surface area (Å²) < 4.78 is 0. The van der Waals surface area contributed by atoms with Crippen molar-refractivity contribution in [3.63, 3.8) is 0 Å². The van der Waals surface area contributed by atoms with Gasteiger partial charge in [0.1, 0.15) is 0 Å². The summed E-state index contributed by atoms with van der Waals surface area (Å²) in [4.78, 5) is 35.1. The molecule has 0 radical (unpaired) electrons. The quantitative estimate of drug-likeness (QED) is 0.662. The molecule has 0 spiro atoms. The van der Waals surface area contributed by atoms with Gasteiger partial charge in [-0.1, -0.05) is 6.92 Å². The standard InChI is InChI=1S/C10H16N2O3/c1-3-11-8(13)4-5-12-9(14)6-7(2)10(12)15/h7H,3-6H2,1-2H3,(H,11,13). The maximum absolute atomic E-state index is 11.5. The van der Waals surface area contributed by atoms with E-state index in [0.29, 0.717) is 6.54 Å². The molecule has 1 saturated heterocycles. The normalized spacial score (nSPS) is 20.9. The monoisotopic (exact) mass is 212 g/mol. The molecule has 15 heavy (non-hydrogen) atoms. The van der Waals surface area contributed by atoms with Gasteiger partial charge in [-0.05, 0) is 6.92 Å². The van der Waals surface area contributed by atoms with Gasteiger partial charge in [0, 0.05) is 31.8 Å². The summed E-state index contributed by atoms with van der Waals surface area (Å²) in [6.45, 7) is 4.32. The van der Waals surface area contributed by atoms with Gasteiger partial charge in [-0.25, -0.2) is 0 Å². The predicted octanol–water partition coefficient (Wildman–Crippen LogP) is -0.0924. The summed E-state index contributed by atoms with van der Waals surface area (Å²) in [7, 11) is 0. The van der Waals surface area contributed by atoms with Gasteiger partial charge in [0.15, 0.2) is 0 Å². The van der Waals surface area contributed by atoms with Crippen LogP contribution >= 0.6 is 0 Å². The van der Waals surface area contributed by atoms with Crippen LogP contribution in [-0.2, 0) is 14.4 Å². The van der Waals surface area contributed by atoms with Crippen LogP contribution in [-0.4, -0.2) is 35.7 Å². The van der Waals surface area contributed by atoms with Crippen molar-refractivity contribution in [1.29, 1.82) is 0 Å². The number of carbonyl (C=O) groups excluding carboxylic acids is 3. The van der Waals surface area contributed by atoms with Crippen molar-refractivity contribution < 1.29 is 14.4 Å². The van der Waals surface area contributed by atoms with E-state index < -0.39 is 0 Å². The molecule has 0 aromatic rings. The molecule has 0 aliphatic carbocycles. The molecule has 1 unspecified atom stereocenters. The van der Waals surface area contributed by atoms with E-state index in [1.165, 1.54) is 4.90 Å². The minimum atomic E-state index is -0.230. The number of nitrogens with one attached hydrogen (secondary N) is 1. The van der Waals surface area contributed by atoms with Crippen molar-refractivity contribution in [3.8, 4) is 0 Å². The Morgan fingerprint density at radius 1 is 1.53 bits per heavy atom. The van der Waals surface area contributed by atoms with E-state index in [2.05, 4.69) is 5.32 Å². The van der Waals surface area contributed by atoms with Gasteiger partial charge >= 0.3 is 0 Å². The fourth-order valence-electron chi connectivity index (χ4n) is 1.58. The number of amides is 3. The summed E-state index contributed by atoms with van der Waals surface area (Å²) in [5, 5.41) is 2.62. The molecule has 84 valence electrons. The Morgan fingerprint density at radius 2 is 2.20 bits per heavy atom. The first-order valence-corrected chi connectivity index (χ1v) is 5.17. The molecule has 1 fully saturated rings. The Morgan fingerprint density at radius 3 is 2.67 bits per heavy atom. The lowest BCUT2D eigenvalue weighted by Gasteiger charge is -2.13. The van der Waals surface area contributed by atoms with Gasteiger partial charge in [0.05, 0.1) is 0 Å². The smallest absolute Gasteiger partial charge is 0.232 e. The summed E-state index contributed by atoms with van der Waals surface area (Å²) in [5.41, 5.74) is 0. The van der Waals surface area contributed by atoms with E-state index in [-0.39, 0.29) is 43.0 Å². The highest BCUT2D eigenvalue weighted by Crippen LogP contribution is 2.18. The van der Waals surface area contributed by atoms with Crippen molar-refractivity contribution >= 4 is 17.7 Å². The lowest BCUT2D eigenvalue weighted by Crippen LogP contribution is -2.34. The zero-order valence-electron chi connectivity index (χ0n) is 9.08. The number of likely N-dealkylation sites (tertiary alicyclic amines) is 1. The minimum Gasteiger partial charge on any atom is -0.356 e. The largest absolute Gasteiger partial charge is 0.356 e. The Balaban J connectivity index is 2.42. The molecular weight excluding hydrogens is 196 g/mol. The van der Waals surface area contributed by atoms with E-state index in [9.17, 15) is 14.4 Å². The number of imide groups is 1. The molecule has 5 heteroatoms. The first-order valence-electron chi connectivity index (χ1n) is 5.17. The molecule has 0 aromatic heterocycles. The molecular formula is C10H16N2O3. The topological polar surface area (TPSA) is 66.5 Å². The molecule has 1 heterocycles. The third-order valence-corrected chi connectivity index (χ3v) is 2.41. The van der Waals surface area contributed by atoms with Gasteiger partial charge in [0.2, 0.25) is 17.7 Å². The van der Waals surface area contributed by atoms with Gasteiger partial charge in [-0.2, -0.15) is 0 Å². The lowest BCUT2D eigenvalue weighted by molar-refractivity contribution is -0.139. The highest BCUT2D eigenvalue weighted by molar-refractivity contribution is 6.03. The van der Waals surface area contributed by atoms with Crippen LogP contribution in [0.4, 0.5) is 0 Å². The van der Waals surface area contributed by atoms with Crippen molar-refractivity contribution in [1.82, 2.24) is 10.2 Å². The van der Waals surface area contributed by atoms with Crippen LogP contribution in [0.3, 0.4) is 0 Å². The Labute approximate surface area is 88.8 Å². The number of hydrogen-bond acceptors (Lipinski definition) is 3. The van der Waals surface area contributed by atoms with E-state index in [1.54, 1.807) is 6.92 Å². The van der Waals surface area contributed by atoms with Gasteiger partial charge < -0.3 is 5.32 Å². The second-order valence-corrected chi connectivity index (χ2v) is 3.69. The lowest BCUT2D eigenvalue weighted by atomic mass is 10.1. The molecule has 1 atom stereocenters. The second kappa shape index (κ2) is 4.91. The van der Waals surface area contributed by atoms with Crippen molar-refractivity contribution in [2.75, 3.05) is 13.1 Å². The molecule has 1 aliphatic rings. The summed E-state index contributed by atoms with van der Waals surface area (Å²) in [5.74, 6) is -0.689. The minimum absolute atomic E-state index is 0.127. The molecule has 0 aromatic carbocycles. The fourth-order valence-corrected chi connectivity index (χ4v) is 1.58. The third kappa shape index (κ3) is 2.78. The molecule has 5 nitrogen and oxygen atoms in total. The van der Waals surface area contributed by atoms with Gasteiger partial charge in [0.25, 0.3) is 0 Å². The Bertz CT molecular complexity index is 288. The average Bonchev–Trinajstić information content (AvgIpc) is 2.40.